The third-order valence-electron chi connectivity index (χ3n) is 3.38. The summed E-state index contributed by atoms with van der Waals surface area (Å²) in [5.41, 5.74) is 9.02. The fraction of sp³-hybridized carbons (Fsp3) is 0.118. The summed E-state index contributed by atoms with van der Waals surface area (Å²) in [7, 11) is 1.86. The molecule has 3 aromatic rings. The summed E-state index contributed by atoms with van der Waals surface area (Å²) >= 11 is 0. The lowest BCUT2D eigenvalue weighted by Crippen LogP contribution is -1.97. The van der Waals surface area contributed by atoms with E-state index in [1.54, 1.807) is 4.68 Å². The van der Waals surface area contributed by atoms with Crippen LogP contribution in [-0.2, 0) is 13.6 Å². The Morgan fingerprint density at radius 2 is 2.00 bits per heavy atom. The van der Waals surface area contributed by atoms with E-state index in [4.69, 9.17) is 5.73 Å². The Labute approximate surface area is 128 Å². The van der Waals surface area contributed by atoms with Gasteiger partial charge in [-0.2, -0.15) is 5.10 Å². The number of nitrogens with two attached hydrogens (primary N) is 1. The van der Waals surface area contributed by atoms with Crippen molar-refractivity contribution in [1.29, 1.82) is 0 Å². The van der Waals surface area contributed by atoms with Gasteiger partial charge in [0, 0.05) is 31.5 Å². The van der Waals surface area contributed by atoms with E-state index in [2.05, 4.69) is 10.4 Å². The topological polar surface area (TPSA) is 55.9 Å². The maximum absolute atomic E-state index is 13.7. The molecule has 0 radical (unpaired) electrons. The first-order valence-corrected chi connectivity index (χ1v) is 7.01. The molecule has 0 unspecified atom stereocenters. The number of nitrogens with zero attached hydrogens (tertiary/aromatic N) is 2. The van der Waals surface area contributed by atoms with E-state index in [9.17, 15) is 4.39 Å². The number of halogens is 1. The molecule has 0 aliphatic carbocycles. The lowest BCUT2D eigenvalue weighted by atomic mass is 10.0. The molecule has 0 spiro atoms. The summed E-state index contributed by atoms with van der Waals surface area (Å²) in [6, 6.07) is 14.5. The molecule has 0 amide bonds. The average Bonchev–Trinajstić information content (AvgIpc) is 2.92. The second-order valence-corrected chi connectivity index (χ2v) is 5.13. The second-order valence-electron chi connectivity index (χ2n) is 5.13. The molecule has 2 aromatic carbocycles. The highest BCUT2D eigenvalue weighted by Crippen LogP contribution is 2.26. The molecule has 22 heavy (non-hydrogen) atoms. The Morgan fingerprint density at radius 1 is 1.14 bits per heavy atom. The molecule has 3 N–H and O–H groups in total. The summed E-state index contributed by atoms with van der Waals surface area (Å²) in [6.07, 6.45) is 1.87. The zero-order valence-electron chi connectivity index (χ0n) is 12.3. The highest BCUT2D eigenvalue weighted by atomic mass is 19.1. The molecule has 5 heteroatoms. The molecule has 0 fully saturated rings. The van der Waals surface area contributed by atoms with Crippen molar-refractivity contribution >= 4 is 11.5 Å². The molecule has 1 heterocycles. The third-order valence-corrected chi connectivity index (χ3v) is 3.38. The largest absolute Gasteiger partial charge is 0.339 e. The van der Waals surface area contributed by atoms with E-state index in [-0.39, 0.29) is 5.82 Å². The minimum Gasteiger partial charge on any atom is -0.339 e. The summed E-state index contributed by atoms with van der Waals surface area (Å²) in [4.78, 5) is 0. The first-order chi connectivity index (χ1) is 10.6. The van der Waals surface area contributed by atoms with Gasteiger partial charge in [-0.25, -0.2) is 4.39 Å². The van der Waals surface area contributed by atoms with Crippen molar-refractivity contribution in [2.24, 2.45) is 12.8 Å². The van der Waals surface area contributed by atoms with Crippen LogP contribution in [0.5, 0.6) is 0 Å². The number of anilines is 2. The maximum Gasteiger partial charge on any atom is 0.152 e. The van der Waals surface area contributed by atoms with Gasteiger partial charge in [0.1, 0.15) is 5.82 Å². The Hall–Kier alpha value is -2.66. The molecule has 0 saturated heterocycles. The van der Waals surface area contributed by atoms with Crippen molar-refractivity contribution < 1.29 is 4.39 Å². The zero-order valence-corrected chi connectivity index (χ0v) is 12.3. The first kappa shape index (κ1) is 14.3. The SMILES string of the molecule is Cn1ccc(Nc2cccc(-c3cc(F)cc(CN)c3)c2)n1. The molecule has 0 bridgehead atoms. The fourth-order valence-electron chi connectivity index (χ4n) is 2.34. The number of benzene rings is 2. The minimum absolute atomic E-state index is 0.277. The number of hydrogen-bond donors (Lipinski definition) is 2. The predicted octanol–water partition coefficient (Wildman–Crippen LogP) is 3.43. The van der Waals surface area contributed by atoms with Gasteiger partial charge in [0.15, 0.2) is 5.82 Å². The molecule has 3 rings (SSSR count). The summed E-state index contributed by atoms with van der Waals surface area (Å²) < 4.78 is 15.4. The molecule has 1 aromatic heterocycles. The first-order valence-electron chi connectivity index (χ1n) is 7.01. The minimum atomic E-state index is -0.277. The molecule has 0 aliphatic heterocycles. The smallest absolute Gasteiger partial charge is 0.152 e. The van der Waals surface area contributed by atoms with Gasteiger partial charge in [-0.1, -0.05) is 12.1 Å². The van der Waals surface area contributed by atoms with Gasteiger partial charge in [0.25, 0.3) is 0 Å². The van der Waals surface area contributed by atoms with E-state index >= 15 is 0 Å². The molecule has 0 aliphatic rings. The Bertz CT molecular complexity index is 795. The van der Waals surface area contributed by atoms with Gasteiger partial charge in [-0.3, -0.25) is 4.68 Å². The van der Waals surface area contributed by atoms with Crippen LogP contribution in [0.3, 0.4) is 0 Å². The third kappa shape index (κ3) is 3.15. The van der Waals surface area contributed by atoms with E-state index < -0.39 is 0 Å². The summed E-state index contributed by atoms with van der Waals surface area (Å²) in [5, 5.41) is 7.51. The molecule has 0 atom stereocenters. The van der Waals surface area contributed by atoms with Crippen LogP contribution in [0, 0.1) is 5.82 Å². The van der Waals surface area contributed by atoms with Crippen molar-refractivity contribution in [3.8, 4) is 11.1 Å². The van der Waals surface area contributed by atoms with Gasteiger partial charge in [-0.15, -0.1) is 0 Å². The van der Waals surface area contributed by atoms with Crippen LogP contribution in [0.15, 0.2) is 54.7 Å². The van der Waals surface area contributed by atoms with Crippen LogP contribution in [0.2, 0.25) is 0 Å². The van der Waals surface area contributed by atoms with Crippen molar-refractivity contribution in [2.75, 3.05) is 5.32 Å². The van der Waals surface area contributed by atoms with E-state index in [1.807, 2.05) is 49.6 Å². The molecule has 0 saturated carbocycles. The number of nitrogens with one attached hydrogen (secondary N) is 1. The highest BCUT2D eigenvalue weighted by Gasteiger charge is 2.05. The molecular formula is C17H17FN4. The Morgan fingerprint density at radius 3 is 2.73 bits per heavy atom. The van der Waals surface area contributed by atoms with Gasteiger partial charge in [0.2, 0.25) is 0 Å². The predicted molar refractivity (Wildman–Crippen MR) is 86.2 cm³/mol. The van der Waals surface area contributed by atoms with E-state index in [1.165, 1.54) is 12.1 Å². The molecule has 4 nitrogen and oxygen atoms in total. The fourth-order valence-corrected chi connectivity index (χ4v) is 2.34. The van der Waals surface area contributed by atoms with Crippen LogP contribution in [0.25, 0.3) is 11.1 Å². The molecule has 112 valence electrons. The van der Waals surface area contributed by atoms with Crippen molar-refractivity contribution in [2.45, 2.75) is 6.54 Å². The maximum atomic E-state index is 13.7. The van der Waals surface area contributed by atoms with Gasteiger partial charge in [0.05, 0.1) is 0 Å². The van der Waals surface area contributed by atoms with Crippen molar-refractivity contribution in [1.82, 2.24) is 9.78 Å². The standard InChI is InChI=1S/C17H17FN4/c1-22-6-5-17(21-22)20-16-4-2-3-13(10-16)14-7-12(11-19)8-15(18)9-14/h2-10H,11,19H2,1H3,(H,20,21). The summed E-state index contributed by atoms with van der Waals surface area (Å²) in [6.45, 7) is 0.316. The number of hydrogen-bond acceptors (Lipinski definition) is 3. The lowest BCUT2D eigenvalue weighted by molar-refractivity contribution is 0.626. The number of aryl methyl sites for hydroxylation is 1. The van der Waals surface area contributed by atoms with Crippen molar-refractivity contribution in [3.63, 3.8) is 0 Å². The van der Waals surface area contributed by atoms with Crippen LogP contribution < -0.4 is 11.1 Å². The normalized spacial score (nSPS) is 10.7. The Kier molecular flexibility index (Phi) is 3.89. The van der Waals surface area contributed by atoms with Crippen LogP contribution in [0.1, 0.15) is 5.56 Å². The second kappa shape index (κ2) is 5.99. The summed E-state index contributed by atoms with van der Waals surface area (Å²) in [5.74, 6) is 0.488. The zero-order chi connectivity index (χ0) is 15.5. The number of aromatic nitrogens is 2. The quantitative estimate of drug-likeness (QED) is 0.775. The Balaban J connectivity index is 1.92. The average molecular weight is 296 g/mol. The highest BCUT2D eigenvalue weighted by molar-refractivity contribution is 5.70. The number of rotatable bonds is 4. The van der Waals surface area contributed by atoms with Gasteiger partial charge < -0.3 is 11.1 Å². The lowest BCUT2D eigenvalue weighted by Gasteiger charge is -2.08. The van der Waals surface area contributed by atoms with Crippen LogP contribution in [-0.4, -0.2) is 9.78 Å². The van der Waals surface area contributed by atoms with Crippen LogP contribution >= 0.6 is 0 Å². The van der Waals surface area contributed by atoms with Gasteiger partial charge in [-0.05, 0) is 47.0 Å². The van der Waals surface area contributed by atoms with E-state index in [0.717, 1.165) is 28.2 Å². The van der Waals surface area contributed by atoms with Crippen LogP contribution in [0.4, 0.5) is 15.9 Å². The monoisotopic (exact) mass is 296 g/mol. The van der Waals surface area contributed by atoms with Crippen molar-refractivity contribution in [3.05, 3.63) is 66.1 Å². The van der Waals surface area contributed by atoms with E-state index in [0.29, 0.717) is 6.54 Å². The van der Waals surface area contributed by atoms with Gasteiger partial charge >= 0.3 is 0 Å². The molecular weight excluding hydrogens is 279 g/mol.